The average molecular weight is 354 g/mol. The van der Waals surface area contributed by atoms with Gasteiger partial charge in [0, 0.05) is 16.1 Å². The third-order valence-corrected chi connectivity index (χ3v) is 3.36. The second-order valence-corrected chi connectivity index (χ2v) is 5.54. The van der Waals surface area contributed by atoms with E-state index in [-0.39, 0.29) is 11.9 Å². The van der Waals surface area contributed by atoms with Crippen LogP contribution in [0.3, 0.4) is 0 Å². The maximum atomic E-state index is 13.2. The maximum Gasteiger partial charge on any atom is 0.124 e. The molecule has 2 aromatic carbocycles. The number of nitrogens with two attached hydrogens (primary N) is 1. The van der Waals surface area contributed by atoms with Crippen molar-refractivity contribution in [2.45, 2.75) is 13.0 Å². The van der Waals surface area contributed by atoms with Crippen LogP contribution in [-0.2, 0) is 0 Å². The molecule has 2 N–H and O–H groups in total. The largest absolute Gasteiger partial charge is 0.490 e. The first kappa shape index (κ1) is 15.8. The number of ether oxygens (including phenoxy) is 2. The standard InChI is InChI=1S/C16H17BrFNO2/c1-11(19)15-10-13(18)5-6-16(15)21-8-7-20-14-4-2-3-12(17)9-14/h2-6,9-11H,7-8,19H2,1H3. The van der Waals surface area contributed by atoms with Crippen molar-refractivity contribution in [1.82, 2.24) is 0 Å². The second kappa shape index (κ2) is 7.43. The first-order valence-corrected chi connectivity index (χ1v) is 7.42. The average Bonchev–Trinajstić information content (AvgIpc) is 2.44. The normalized spacial score (nSPS) is 12.0. The molecule has 0 aromatic heterocycles. The van der Waals surface area contributed by atoms with Crippen LogP contribution >= 0.6 is 15.9 Å². The third kappa shape index (κ3) is 4.72. The molecule has 0 fully saturated rings. The van der Waals surface area contributed by atoms with Crippen LogP contribution in [0.15, 0.2) is 46.9 Å². The van der Waals surface area contributed by atoms with Gasteiger partial charge in [0.05, 0.1) is 0 Å². The molecular formula is C16H17BrFNO2. The van der Waals surface area contributed by atoms with Crippen LogP contribution in [-0.4, -0.2) is 13.2 Å². The van der Waals surface area contributed by atoms with Crippen LogP contribution in [0.4, 0.5) is 4.39 Å². The van der Waals surface area contributed by atoms with Crippen LogP contribution in [0.1, 0.15) is 18.5 Å². The molecule has 1 unspecified atom stereocenters. The van der Waals surface area contributed by atoms with Crippen molar-refractivity contribution in [1.29, 1.82) is 0 Å². The minimum atomic E-state index is -0.319. The number of rotatable bonds is 6. The fourth-order valence-corrected chi connectivity index (χ4v) is 2.25. The fourth-order valence-electron chi connectivity index (χ4n) is 1.87. The number of halogens is 2. The van der Waals surface area contributed by atoms with Crippen LogP contribution in [0.2, 0.25) is 0 Å². The molecule has 2 aromatic rings. The minimum absolute atomic E-state index is 0.290. The number of hydrogen-bond donors (Lipinski definition) is 1. The van der Waals surface area contributed by atoms with E-state index in [9.17, 15) is 4.39 Å². The van der Waals surface area contributed by atoms with Gasteiger partial charge in [0.1, 0.15) is 30.5 Å². The Hall–Kier alpha value is -1.59. The zero-order chi connectivity index (χ0) is 15.2. The molecule has 1 atom stereocenters. The van der Waals surface area contributed by atoms with Crippen molar-refractivity contribution in [3.8, 4) is 11.5 Å². The molecule has 2 rings (SSSR count). The van der Waals surface area contributed by atoms with Crippen molar-refractivity contribution in [2.75, 3.05) is 13.2 Å². The van der Waals surface area contributed by atoms with E-state index in [0.717, 1.165) is 10.2 Å². The lowest BCUT2D eigenvalue weighted by Gasteiger charge is -2.14. The summed E-state index contributed by atoms with van der Waals surface area (Å²) in [5.41, 5.74) is 6.46. The van der Waals surface area contributed by atoms with Gasteiger partial charge in [-0.25, -0.2) is 4.39 Å². The van der Waals surface area contributed by atoms with Gasteiger partial charge in [-0.1, -0.05) is 22.0 Å². The highest BCUT2D eigenvalue weighted by molar-refractivity contribution is 9.10. The van der Waals surface area contributed by atoms with Crippen LogP contribution in [0.5, 0.6) is 11.5 Å². The maximum absolute atomic E-state index is 13.2. The van der Waals surface area contributed by atoms with Gasteiger partial charge in [-0.05, 0) is 43.3 Å². The van der Waals surface area contributed by atoms with Crippen LogP contribution < -0.4 is 15.2 Å². The Morgan fingerprint density at radius 1 is 1.14 bits per heavy atom. The Kier molecular flexibility index (Phi) is 5.59. The highest BCUT2D eigenvalue weighted by Crippen LogP contribution is 2.24. The van der Waals surface area contributed by atoms with E-state index in [2.05, 4.69) is 15.9 Å². The third-order valence-electron chi connectivity index (χ3n) is 2.87. The predicted molar refractivity (Wildman–Crippen MR) is 84.1 cm³/mol. The van der Waals surface area contributed by atoms with Gasteiger partial charge in [0.2, 0.25) is 0 Å². The molecule has 0 aliphatic carbocycles. The van der Waals surface area contributed by atoms with E-state index in [1.165, 1.54) is 12.1 Å². The topological polar surface area (TPSA) is 44.5 Å². The molecular weight excluding hydrogens is 337 g/mol. The zero-order valence-electron chi connectivity index (χ0n) is 11.7. The summed E-state index contributed by atoms with van der Waals surface area (Å²) in [5.74, 6) is 1.03. The van der Waals surface area contributed by atoms with Crippen molar-refractivity contribution in [2.24, 2.45) is 5.73 Å². The molecule has 5 heteroatoms. The lowest BCUT2D eigenvalue weighted by Crippen LogP contribution is -2.13. The Morgan fingerprint density at radius 3 is 2.62 bits per heavy atom. The minimum Gasteiger partial charge on any atom is -0.490 e. The number of benzene rings is 2. The van der Waals surface area contributed by atoms with E-state index >= 15 is 0 Å². The van der Waals surface area contributed by atoms with Crippen molar-refractivity contribution in [3.05, 3.63) is 58.3 Å². The summed E-state index contributed by atoms with van der Waals surface area (Å²) in [6.45, 7) is 2.55. The van der Waals surface area contributed by atoms with E-state index in [4.69, 9.17) is 15.2 Å². The van der Waals surface area contributed by atoms with Gasteiger partial charge in [-0.2, -0.15) is 0 Å². The zero-order valence-corrected chi connectivity index (χ0v) is 13.3. The predicted octanol–water partition coefficient (Wildman–Crippen LogP) is 4.07. The van der Waals surface area contributed by atoms with Crippen LogP contribution in [0.25, 0.3) is 0 Å². The highest BCUT2D eigenvalue weighted by atomic mass is 79.9. The Labute approximate surface area is 132 Å². The van der Waals surface area contributed by atoms with E-state index in [0.29, 0.717) is 24.5 Å². The molecule has 0 saturated heterocycles. The van der Waals surface area contributed by atoms with E-state index in [1.54, 1.807) is 13.0 Å². The molecule has 0 bridgehead atoms. The summed E-state index contributed by atoms with van der Waals surface area (Å²) >= 11 is 3.38. The fraction of sp³-hybridized carbons (Fsp3) is 0.250. The number of hydrogen-bond acceptors (Lipinski definition) is 3. The first-order chi connectivity index (χ1) is 10.1. The molecule has 3 nitrogen and oxygen atoms in total. The Morgan fingerprint density at radius 2 is 1.90 bits per heavy atom. The monoisotopic (exact) mass is 353 g/mol. The van der Waals surface area contributed by atoms with Gasteiger partial charge < -0.3 is 15.2 Å². The molecule has 21 heavy (non-hydrogen) atoms. The molecule has 0 heterocycles. The molecule has 0 saturated carbocycles. The smallest absolute Gasteiger partial charge is 0.124 e. The quantitative estimate of drug-likeness (QED) is 0.796. The van der Waals surface area contributed by atoms with E-state index < -0.39 is 0 Å². The Bertz CT molecular complexity index is 605. The van der Waals surface area contributed by atoms with Gasteiger partial charge in [0.15, 0.2) is 0 Å². The molecule has 0 radical (unpaired) electrons. The molecule has 0 aliphatic heterocycles. The summed E-state index contributed by atoms with van der Waals surface area (Å²) in [6.07, 6.45) is 0. The first-order valence-electron chi connectivity index (χ1n) is 6.62. The molecule has 0 spiro atoms. The lowest BCUT2D eigenvalue weighted by molar-refractivity contribution is 0.215. The van der Waals surface area contributed by atoms with Crippen LogP contribution in [0, 0.1) is 5.82 Å². The summed E-state index contributed by atoms with van der Waals surface area (Å²) in [5, 5.41) is 0. The summed E-state index contributed by atoms with van der Waals surface area (Å²) < 4.78 is 25.4. The molecule has 0 aliphatic rings. The van der Waals surface area contributed by atoms with Gasteiger partial charge in [-0.15, -0.1) is 0 Å². The highest BCUT2D eigenvalue weighted by Gasteiger charge is 2.09. The van der Waals surface area contributed by atoms with Crippen molar-refractivity contribution < 1.29 is 13.9 Å². The van der Waals surface area contributed by atoms with E-state index in [1.807, 2.05) is 24.3 Å². The van der Waals surface area contributed by atoms with Gasteiger partial charge >= 0.3 is 0 Å². The molecule has 0 amide bonds. The summed E-state index contributed by atoms with van der Waals surface area (Å²) in [4.78, 5) is 0. The van der Waals surface area contributed by atoms with Gasteiger partial charge in [-0.3, -0.25) is 0 Å². The molecule has 112 valence electrons. The second-order valence-electron chi connectivity index (χ2n) is 4.63. The Balaban J connectivity index is 1.89. The lowest BCUT2D eigenvalue weighted by atomic mass is 10.1. The van der Waals surface area contributed by atoms with Gasteiger partial charge in [0.25, 0.3) is 0 Å². The van der Waals surface area contributed by atoms with Crippen molar-refractivity contribution >= 4 is 15.9 Å². The van der Waals surface area contributed by atoms with Crippen molar-refractivity contribution in [3.63, 3.8) is 0 Å². The SMILES string of the molecule is CC(N)c1cc(F)ccc1OCCOc1cccc(Br)c1. The summed E-state index contributed by atoms with van der Waals surface area (Å²) in [6, 6.07) is 11.6. The summed E-state index contributed by atoms with van der Waals surface area (Å²) in [7, 11) is 0.